The molecular weight excluding hydrogens is 979 g/mol. The summed E-state index contributed by atoms with van der Waals surface area (Å²) in [6.07, 6.45) is 38.2. The van der Waals surface area contributed by atoms with Gasteiger partial charge in [-0.3, -0.25) is 0 Å². The standard InChI is InChI=1S/C21H29NO6.C21H28NO6.C7H7NO2.C3H6O3.C2H6O/c2*1-3-24-11-5-12-25-13-6-14-26-15-7-16-27-17-8-18-28-21(23)20-9-4-10-22(2)19-20;1-8-4-2-3-6(5-8)7(9)10;4-1-3(6)2-5;1-2-3/h4-8,10-11,13,15,17,19H,3,9,12,14,16,18H2,1-2H3;4-11,13,15,17,19H,3,12,14,16,18H2,1-2H3;2-5H,1H3;1,3,5-6H,2H2;3H,2H2,1H3/q;+1;;;/b2*11-5+,13-6+,15-7+,17-8+;;;. The van der Waals surface area contributed by atoms with Crippen molar-refractivity contribution in [3.05, 3.63) is 183 Å². The van der Waals surface area contributed by atoms with Crippen molar-refractivity contribution in [2.75, 3.05) is 86.3 Å². The maximum atomic E-state index is 11.8. The van der Waals surface area contributed by atoms with Gasteiger partial charge in [-0.05, 0) is 87.7 Å². The van der Waals surface area contributed by atoms with Gasteiger partial charge in [-0.2, -0.15) is 0 Å². The first-order valence-corrected chi connectivity index (χ1v) is 23.4. The van der Waals surface area contributed by atoms with E-state index in [1.165, 1.54) is 24.8 Å². The van der Waals surface area contributed by atoms with Gasteiger partial charge < -0.3 is 82.3 Å². The molecular formula is C54H76N3O18+. The second-order valence-electron chi connectivity index (χ2n) is 14.0. The molecule has 0 saturated carbocycles. The Hall–Kier alpha value is -8.14. The highest BCUT2D eigenvalue weighted by atomic mass is 16.5. The number of allylic oxidation sites excluding steroid dienone is 1. The summed E-state index contributed by atoms with van der Waals surface area (Å²) in [6, 6.07) is 6.64. The largest absolute Gasteiger partial charge is 0.545 e. The number of aldehydes is 1. The number of carboxylic acid groups (broad SMARTS) is 1. The minimum atomic E-state index is -1.19. The Balaban J connectivity index is 0. The number of hydrogen-bond acceptors (Lipinski definition) is 19. The Morgan fingerprint density at radius 1 is 0.613 bits per heavy atom. The summed E-state index contributed by atoms with van der Waals surface area (Å²) in [7, 11) is 5.46. The third kappa shape index (κ3) is 46.7. The van der Waals surface area contributed by atoms with Crippen LogP contribution < -0.4 is 14.2 Å². The van der Waals surface area contributed by atoms with Crippen LogP contribution in [0.3, 0.4) is 0 Å². The maximum absolute atomic E-state index is 11.8. The molecule has 2 aromatic heterocycles. The van der Waals surface area contributed by atoms with Crippen molar-refractivity contribution in [3.63, 3.8) is 0 Å². The van der Waals surface area contributed by atoms with Gasteiger partial charge in [0, 0.05) is 38.4 Å². The average molecular weight is 1060 g/mol. The Morgan fingerprint density at radius 3 is 1.29 bits per heavy atom. The number of hydrogen-bond donors (Lipinski definition) is 3. The molecule has 0 amide bonds. The van der Waals surface area contributed by atoms with Crippen molar-refractivity contribution in [2.24, 2.45) is 14.1 Å². The third-order valence-electron chi connectivity index (χ3n) is 7.64. The summed E-state index contributed by atoms with van der Waals surface area (Å²) in [5.41, 5.74) is 1.33. The third-order valence-corrected chi connectivity index (χ3v) is 7.64. The van der Waals surface area contributed by atoms with Crippen LogP contribution in [-0.2, 0) is 71.1 Å². The molecule has 0 bridgehead atoms. The number of carboxylic acids is 1. The van der Waals surface area contributed by atoms with Gasteiger partial charge >= 0.3 is 11.9 Å². The van der Waals surface area contributed by atoms with E-state index in [-0.39, 0.29) is 43.6 Å². The zero-order valence-corrected chi connectivity index (χ0v) is 43.7. The van der Waals surface area contributed by atoms with E-state index in [1.807, 2.05) is 51.3 Å². The van der Waals surface area contributed by atoms with E-state index >= 15 is 0 Å². The van der Waals surface area contributed by atoms with Crippen molar-refractivity contribution in [1.29, 1.82) is 0 Å². The summed E-state index contributed by atoms with van der Waals surface area (Å²) in [4.78, 5) is 45.0. The van der Waals surface area contributed by atoms with E-state index in [1.54, 1.807) is 146 Å². The summed E-state index contributed by atoms with van der Waals surface area (Å²) >= 11 is 0. The molecule has 3 N–H and O–H groups in total. The van der Waals surface area contributed by atoms with Crippen molar-refractivity contribution >= 4 is 24.2 Å². The average Bonchev–Trinajstić information content (AvgIpc) is 3.40. The molecule has 0 aromatic carbocycles. The fourth-order valence-electron chi connectivity index (χ4n) is 4.43. The Kier molecular flexibility index (Phi) is 48.0. The predicted molar refractivity (Wildman–Crippen MR) is 274 cm³/mol. The number of carbonyl (C=O) groups excluding carboxylic acids is 4. The van der Waals surface area contributed by atoms with E-state index in [0.717, 1.165) is 0 Å². The maximum Gasteiger partial charge on any atom is 0.344 e. The van der Waals surface area contributed by atoms with Gasteiger partial charge in [0.2, 0.25) is 0 Å². The first-order chi connectivity index (χ1) is 36.4. The lowest BCUT2D eigenvalue weighted by Gasteiger charge is -2.15. The van der Waals surface area contributed by atoms with E-state index in [4.69, 9.17) is 62.7 Å². The summed E-state index contributed by atoms with van der Waals surface area (Å²) in [5, 5.41) is 33.7. The minimum Gasteiger partial charge on any atom is -0.545 e. The molecule has 1 aliphatic heterocycles. The predicted octanol–water partition coefficient (Wildman–Crippen LogP) is 3.62. The highest BCUT2D eigenvalue weighted by Gasteiger charge is 2.12. The number of carbonyl (C=O) groups is 4. The van der Waals surface area contributed by atoms with Crippen LogP contribution in [0.15, 0.2) is 172 Å². The number of aromatic carboxylic acids is 1. The van der Waals surface area contributed by atoms with Crippen LogP contribution in [0.1, 0.15) is 47.9 Å². The van der Waals surface area contributed by atoms with Crippen molar-refractivity contribution in [3.8, 4) is 0 Å². The lowest BCUT2D eigenvalue weighted by molar-refractivity contribution is -0.671. The summed E-state index contributed by atoms with van der Waals surface area (Å²) in [5.74, 6) is -1.84. The lowest BCUT2D eigenvalue weighted by Crippen LogP contribution is -2.31. The molecule has 21 heteroatoms. The SMILES string of the molecule is CCO.CCO/C=C/CO/C=C/CO/C=C/CO/C=C/COC(=O)C1=CN(C)C=CC1.CCO/C=C/CO/C=C/CO/C=C/CO/C=C/COC(=O)c1ccc[n+](C)c1.C[n+]1cccc(C(=O)[O-])c1.O=CC(O)CO. The highest BCUT2D eigenvalue weighted by molar-refractivity contribution is 5.89. The number of aryl methyl sites for hydroxylation is 2. The number of aliphatic hydroxyl groups is 3. The van der Waals surface area contributed by atoms with E-state index in [2.05, 4.69) is 0 Å². The van der Waals surface area contributed by atoms with Crippen LogP contribution in [0.4, 0.5) is 0 Å². The monoisotopic (exact) mass is 1050 g/mol. The molecule has 0 radical (unpaired) electrons. The zero-order valence-electron chi connectivity index (χ0n) is 43.7. The fourth-order valence-corrected chi connectivity index (χ4v) is 4.43. The Morgan fingerprint density at radius 2 is 0.973 bits per heavy atom. The molecule has 0 spiro atoms. The molecule has 3 rings (SSSR count). The first kappa shape index (κ1) is 68.9. The van der Waals surface area contributed by atoms with Gasteiger partial charge in [0.25, 0.3) is 0 Å². The molecule has 0 aliphatic carbocycles. The van der Waals surface area contributed by atoms with Crippen LogP contribution in [-0.4, -0.2) is 137 Å². The molecule has 1 atom stereocenters. The lowest BCUT2D eigenvalue weighted by atomic mass is 10.1. The molecule has 2 aromatic rings. The van der Waals surface area contributed by atoms with Crippen LogP contribution in [0, 0.1) is 0 Å². The van der Waals surface area contributed by atoms with E-state index in [0.29, 0.717) is 70.4 Å². The minimum absolute atomic E-state index is 0.141. The molecule has 3 heterocycles. The normalized spacial score (nSPS) is 12.2. The Labute approximate surface area is 440 Å². The fraction of sp³-hybridized carbons (Fsp3) is 0.370. The van der Waals surface area contributed by atoms with Gasteiger partial charge in [-0.1, -0.05) is 6.08 Å². The van der Waals surface area contributed by atoms with Gasteiger partial charge in [-0.25, -0.2) is 18.7 Å². The number of ether oxygens (including phenoxy) is 10. The molecule has 0 fully saturated rings. The van der Waals surface area contributed by atoms with Gasteiger partial charge in [-0.15, -0.1) is 0 Å². The number of aliphatic hydroxyl groups excluding tert-OH is 3. The molecule has 1 aliphatic rings. The number of pyridine rings is 2. The number of aromatic nitrogens is 2. The molecule has 75 heavy (non-hydrogen) atoms. The van der Waals surface area contributed by atoms with Crippen molar-refractivity contribution < 1.29 is 96.1 Å². The topological polar surface area (TPSA) is 255 Å². The van der Waals surface area contributed by atoms with Gasteiger partial charge in [0.15, 0.2) is 31.1 Å². The molecule has 21 nitrogen and oxygen atoms in total. The van der Waals surface area contributed by atoms with Crippen LogP contribution in [0.2, 0.25) is 0 Å². The smallest absolute Gasteiger partial charge is 0.344 e. The molecule has 414 valence electrons. The van der Waals surface area contributed by atoms with Crippen molar-refractivity contribution in [2.45, 2.75) is 33.3 Å². The van der Waals surface area contributed by atoms with Crippen LogP contribution >= 0.6 is 0 Å². The summed E-state index contributed by atoms with van der Waals surface area (Å²) < 4.78 is 55.1. The zero-order chi connectivity index (χ0) is 55.8. The quantitative estimate of drug-likeness (QED) is 0.0320. The van der Waals surface area contributed by atoms with Gasteiger partial charge in [0.1, 0.15) is 78.6 Å². The Bertz CT molecular complexity index is 2100. The van der Waals surface area contributed by atoms with E-state index < -0.39 is 18.7 Å². The number of nitrogens with zero attached hydrogens (tertiary/aromatic N) is 3. The van der Waals surface area contributed by atoms with Crippen LogP contribution in [0.25, 0.3) is 0 Å². The number of rotatable bonds is 31. The van der Waals surface area contributed by atoms with Crippen LogP contribution in [0.5, 0.6) is 0 Å². The summed E-state index contributed by atoms with van der Waals surface area (Å²) in [6.45, 7) is 9.28. The van der Waals surface area contributed by atoms with Crippen molar-refractivity contribution in [1.82, 2.24) is 4.90 Å². The second kappa shape index (κ2) is 52.2. The highest BCUT2D eigenvalue weighted by Crippen LogP contribution is 2.12. The van der Waals surface area contributed by atoms with E-state index in [9.17, 15) is 24.3 Å². The molecule has 1 unspecified atom stereocenters. The number of esters is 2. The molecule has 0 saturated heterocycles. The second-order valence-corrected chi connectivity index (χ2v) is 14.0. The first-order valence-electron chi connectivity index (χ1n) is 23.4. The van der Waals surface area contributed by atoms with Gasteiger partial charge in [0.05, 0.1) is 87.0 Å².